The highest BCUT2D eigenvalue weighted by Gasteiger charge is 2.22. The van der Waals surface area contributed by atoms with Crippen molar-refractivity contribution in [3.05, 3.63) is 53.6 Å². The molecular formula is C25H28N4O6. The summed E-state index contributed by atoms with van der Waals surface area (Å²) in [5.41, 5.74) is 1.80. The Bertz CT molecular complexity index is 1130. The van der Waals surface area contributed by atoms with Gasteiger partial charge in [-0.05, 0) is 48.7 Å². The number of carboxylic acid groups (broad SMARTS) is 1. The van der Waals surface area contributed by atoms with Gasteiger partial charge in [-0.1, -0.05) is 18.6 Å². The molecular weight excluding hydrogens is 452 g/mol. The highest BCUT2D eigenvalue weighted by atomic mass is 16.7. The van der Waals surface area contributed by atoms with Crippen molar-refractivity contribution in [2.45, 2.75) is 38.1 Å². The van der Waals surface area contributed by atoms with Gasteiger partial charge in [0.05, 0.1) is 6.54 Å². The van der Waals surface area contributed by atoms with Gasteiger partial charge in [-0.25, -0.2) is 4.79 Å². The number of benzene rings is 2. The van der Waals surface area contributed by atoms with E-state index in [1.54, 1.807) is 36.4 Å². The molecule has 184 valence electrons. The number of hydrogen-bond donors (Lipinski definition) is 4. The van der Waals surface area contributed by atoms with E-state index in [-0.39, 0.29) is 19.8 Å². The molecule has 10 heteroatoms. The summed E-state index contributed by atoms with van der Waals surface area (Å²) >= 11 is 0. The van der Waals surface area contributed by atoms with E-state index in [4.69, 9.17) is 9.47 Å². The normalized spacial score (nSPS) is 15.4. The summed E-state index contributed by atoms with van der Waals surface area (Å²) in [7, 11) is 0. The molecule has 2 aliphatic heterocycles. The molecule has 0 radical (unpaired) electrons. The molecule has 1 unspecified atom stereocenters. The summed E-state index contributed by atoms with van der Waals surface area (Å²) in [4.78, 5) is 41.2. The molecule has 10 nitrogen and oxygen atoms in total. The molecule has 2 heterocycles. The Morgan fingerprint density at radius 2 is 1.89 bits per heavy atom. The molecule has 1 atom stereocenters. The number of hydrogen-bond acceptors (Lipinski definition) is 7. The minimum Gasteiger partial charge on any atom is -0.480 e. The van der Waals surface area contributed by atoms with Gasteiger partial charge < -0.3 is 30.5 Å². The van der Waals surface area contributed by atoms with E-state index in [0.717, 1.165) is 43.8 Å². The fourth-order valence-corrected chi connectivity index (χ4v) is 3.89. The molecule has 35 heavy (non-hydrogen) atoms. The number of carboxylic acids is 1. The zero-order chi connectivity index (χ0) is 24.6. The number of aliphatic carboxylic acids is 1. The molecule has 4 rings (SSSR count). The first-order valence-electron chi connectivity index (χ1n) is 11.6. The van der Waals surface area contributed by atoms with E-state index in [1.807, 2.05) is 6.07 Å². The van der Waals surface area contributed by atoms with Crippen LogP contribution in [0.4, 0.5) is 5.69 Å². The average Bonchev–Trinajstić information content (AvgIpc) is 3.17. The van der Waals surface area contributed by atoms with E-state index in [0.29, 0.717) is 22.6 Å². The minimum atomic E-state index is -1.18. The Morgan fingerprint density at radius 3 is 2.74 bits per heavy atom. The van der Waals surface area contributed by atoms with Gasteiger partial charge in [0.15, 0.2) is 11.5 Å². The van der Waals surface area contributed by atoms with E-state index in [1.165, 1.54) is 0 Å². The van der Waals surface area contributed by atoms with Gasteiger partial charge in [-0.15, -0.1) is 0 Å². The molecule has 0 saturated heterocycles. The third-order valence-corrected chi connectivity index (χ3v) is 5.71. The van der Waals surface area contributed by atoms with E-state index < -0.39 is 23.8 Å². The second-order valence-electron chi connectivity index (χ2n) is 8.38. The van der Waals surface area contributed by atoms with Crippen molar-refractivity contribution in [2.24, 2.45) is 4.99 Å². The Balaban J connectivity index is 1.29. The molecule has 2 aromatic carbocycles. The van der Waals surface area contributed by atoms with Crippen LogP contribution in [0, 0.1) is 0 Å². The molecule has 4 N–H and O–H groups in total. The van der Waals surface area contributed by atoms with Gasteiger partial charge in [-0.2, -0.15) is 0 Å². The van der Waals surface area contributed by atoms with Crippen LogP contribution in [0.25, 0.3) is 0 Å². The third-order valence-electron chi connectivity index (χ3n) is 5.71. The number of fused-ring (bicyclic) bond motifs is 1. The number of aliphatic imine (C=N–C) groups is 1. The van der Waals surface area contributed by atoms with Crippen molar-refractivity contribution in [1.82, 2.24) is 10.6 Å². The maximum Gasteiger partial charge on any atom is 0.326 e. The smallest absolute Gasteiger partial charge is 0.326 e. The topological polar surface area (TPSA) is 138 Å². The van der Waals surface area contributed by atoms with Crippen molar-refractivity contribution in [3.8, 4) is 11.5 Å². The van der Waals surface area contributed by atoms with Crippen molar-refractivity contribution >= 4 is 29.3 Å². The number of rotatable bonds is 8. The second-order valence-corrected chi connectivity index (χ2v) is 8.38. The fourth-order valence-electron chi connectivity index (χ4n) is 3.89. The van der Waals surface area contributed by atoms with E-state index in [9.17, 15) is 19.5 Å². The van der Waals surface area contributed by atoms with Crippen molar-refractivity contribution in [3.63, 3.8) is 0 Å². The first-order valence-corrected chi connectivity index (χ1v) is 11.6. The molecule has 2 aromatic rings. The van der Waals surface area contributed by atoms with E-state index in [2.05, 4.69) is 20.9 Å². The van der Waals surface area contributed by atoms with Crippen molar-refractivity contribution in [2.75, 3.05) is 25.2 Å². The average molecular weight is 481 g/mol. The summed E-state index contributed by atoms with van der Waals surface area (Å²) in [5.74, 6) is -0.186. The maximum absolute atomic E-state index is 12.6. The van der Waals surface area contributed by atoms with Gasteiger partial charge in [0, 0.05) is 30.6 Å². The number of carbonyl (C=O) groups excluding carboxylic acids is 2. The Kier molecular flexibility index (Phi) is 7.81. The Morgan fingerprint density at radius 1 is 1.03 bits per heavy atom. The molecule has 2 amide bonds. The van der Waals surface area contributed by atoms with Crippen molar-refractivity contribution < 1.29 is 29.0 Å². The number of amides is 2. The van der Waals surface area contributed by atoms with Crippen molar-refractivity contribution in [1.29, 1.82) is 0 Å². The van der Waals surface area contributed by atoms with Crippen LogP contribution < -0.4 is 25.4 Å². The standard InChI is InChI=1S/C25H28N4O6/c30-23(29-19(25(32)33)11-16-8-9-20-21(12-16)35-15-34-20)14-27-24(31)17-5-4-6-18(13-17)28-22-7-2-1-3-10-26-22/h4-6,8-9,12-13,19H,1-3,7,10-11,14-15H2,(H,26,28)(H,27,31)(H,29,30)(H,32,33). The minimum absolute atomic E-state index is 0.0588. The fraction of sp³-hybridized carbons (Fsp3) is 0.360. The molecule has 2 aliphatic rings. The zero-order valence-electron chi connectivity index (χ0n) is 19.2. The lowest BCUT2D eigenvalue weighted by Crippen LogP contribution is -2.46. The molecule has 0 saturated carbocycles. The Labute approximate surface area is 202 Å². The summed E-state index contributed by atoms with van der Waals surface area (Å²) in [6, 6.07) is 10.9. The quantitative estimate of drug-likeness (QED) is 0.455. The van der Waals surface area contributed by atoms with Gasteiger partial charge in [0.25, 0.3) is 5.91 Å². The predicted octanol–water partition coefficient (Wildman–Crippen LogP) is 2.34. The SMILES string of the molecule is O=C(CNC(=O)c1cccc(NC2=NCCCCC2)c1)NC(Cc1ccc2c(c1)OCO2)C(=O)O. The van der Waals surface area contributed by atoms with Crippen LogP contribution in [0.5, 0.6) is 11.5 Å². The summed E-state index contributed by atoms with van der Waals surface area (Å²) in [6.45, 7) is 0.559. The van der Waals surface area contributed by atoms with Gasteiger partial charge in [0.2, 0.25) is 12.7 Å². The monoisotopic (exact) mass is 480 g/mol. The van der Waals surface area contributed by atoms with Crippen LogP contribution in [0.3, 0.4) is 0 Å². The number of nitrogens with zero attached hydrogens (tertiary/aromatic N) is 1. The molecule has 0 aliphatic carbocycles. The predicted molar refractivity (Wildman–Crippen MR) is 129 cm³/mol. The van der Waals surface area contributed by atoms with Crippen LogP contribution in [0.1, 0.15) is 41.6 Å². The lowest BCUT2D eigenvalue weighted by Gasteiger charge is -2.15. The van der Waals surface area contributed by atoms with Gasteiger partial charge in [0.1, 0.15) is 11.9 Å². The highest BCUT2D eigenvalue weighted by Crippen LogP contribution is 2.32. The third kappa shape index (κ3) is 6.72. The van der Waals surface area contributed by atoms with E-state index >= 15 is 0 Å². The molecule has 0 spiro atoms. The van der Waals surface area contributed by atoms with Crippen LogP contribution in [0.2, 0.25) is 0 Å². The van der Waals surface area contributed by atoms with Gasteiger partial charge in [-0.3, -0.25) is 14.6 Å². The molecule has 0 bridgehead atoms. The number of carbonyl (C=O) groups is 3. The highest BCUT2D eigenvalue weighted by molar-refractivity contribution is 6.00. The lowest BCUT2D eigenvalue weighted by atomic mass is 10.1. The molecule has 0 fully saturated rings. The lowest BCUT2D eigenvalue weighted by molar-refractivity contribution is -0.141. The van der Waals surface area contributed by atoms with Gasteiger partial charge >= 0.3 is 5.97 Å². The first kappa shape index (κ1) is 24.1. The number of anilines is 1. The number of ether oxygens (including phenoxy) is 2. The van der Waals surface area contributed by atoms with Crippen LogP contribution in [-0.2, 0) is 16.0 Å². The Hall–Kier alpha value is -4.08. The second kappa shape index (κ2) is 11.4. The van der Waals surface area contributed by atoms with Crippen LogP contribution in [-0.4, -0.2) is 54.7 Å². The maximum atomic E-state index is 12.6. The number of amidine groups is 1. The van der Waals surface area contributed by atoms with Crippen LogP contribution in [0.15, 0.2) is 47.5 Å². The largest absolute Gasteiger partial charge is 0.480 e. The number of nitrogens with one attached hydrogen (secondary N) is 3. The summed E-state index contributed by atoms with van der Waals surface area (Å²) < 4.78 is 10.6. The summed E-state index contributed by atoms with van der Waals surface area (Å²) in [5, 5.41) is 17.8. The zero-order valence-corrected chi connectivity index (χ0v) is 19.2. The van der Waals surface area contributed by atoms with Crippen LogP contribution >= 0.6 is 0 Å². The molecule has 0 aromatic heterocycles. The first-order chi connectivity index (χ1) is 17.0. The summed E-state index contributed by atoms with van der Waals surface area (Å²) in [6.07, 6.45) is 4.23.